The highest BCUT2D eigenvalue weighted by molar-refractivity contribution is 5.75. The van der Waals surface area contributed by atoms with Crippen LogP contribution < -0.4 is 44.1 Å². The van der Waals surface area contributed by atoms with Crippen molar-refractivity contribution >= 4 is 45.6 Å². The van der Waals surface area contributed by atoms with E-state index in [-0.39, 0.29) is 58.6 Å². The molecule has 0 amide bonds. The van der Waals surface area contributed by atoms with Gasteiger partial charge in [-0.1, -0.05) is 0 Å². The number of aliphatic hydroxyl groups is 3. The first-order valence-corrected chi connectivity index (χ1v) is 13.6. The molecule has 2 saturated heterocycles. The van der Waals surface area contributed by atoms with Crippen LogP contribution in [0.1, 0.15) is 18.9 Å². The number of fused-ring (bicyclic) bond motifs is 2. The minimum atomic E-state index is -1.47. The predicted octanol–water partition coefficient (Wildman–Crippen LogP) is -4.20. The second-order valence-corrected chi connectivity index (χ2v) is 10.7. The Balaban J connectivity index is 1.06. The van der Waals surface area contributed by atoms with Gasteiger partial charge in [0.25, 0.3) is 22.0 Å². The van der Waals surface area contributed by atoms with Gasteiger partial charge in [-0.15, -0.1) is 0 Å². The lowest BCUT2D eigenvalue weighted by Gasteiger charge is -2.23. The third-order valence-corrected chi connectivity index (χ3v) is 7.96. The molecule has 21 heteroatoms. The summed E-state index contributed by atoms with van der Waals surface area (Å²) in [7, 11) is 0. The second-order valence-electron chi connectivity index (χ2n) is 10.7. The number of aromatic nitrogens is 8. The smallest absolute Gasteiger partial charge is 0.280 e. The summed E-state index contributed by atoms with van der Waals surface area (Å²) in [5.74, 6) is -0.302. The molecule has 7 rings (SSSR count). The fourth-order valence-electron chi connectivity index (χ4n) is 5.72. The van der Waals surface area contributed by atoms with Gasteiger partial charge in [0.1, 0.15) is 42.0 Å². The number of ether oxygens (including phenoxy) is 2. The van der Waals surface area contributed by atoms with Crippen molar-refractivity contribution in [2.75, 3.05) is 35.3 Å². The molecule has 6 heterocycles. The highest BCUT2D eigenvalue weighted by Crippen LogP contribution is 2.34. The Kier molecular flexibility index (Phi) is 6.63. The van der Waals surface area contributed by atoms with E-state index in [0.717, 1.165) is 0 Å². The van der Waals surface area contributed by atoms with Crippen LogP contribution in [-0.2, 0) is 9.47 Å². The van der Waals surface area contributed by atoms with E-state index in [0.29, 0.717) is 0 Å². The van der Waals surface area contributed by atoms with E-state index in [1.807, 2.05) is 0 Å². The zero-order valence-corrected chi connectivity index (χ0v) is 22.9. The number of nitrogens with one attached hydrogen (secondary N) is 4. The van der Waals surface area contributed by atoms with Crippen molar-refractivity contribution in [3.05, 3.63) is 53.8 Å². The van der Waals surface area contributed by atoms with Crippen molar-refractivity contribution in [1.29, 1.82) is 0 Å². The Bertz CT molecular complexity index is 2130. The molecule has 21 nitrogen and oxygen atoms in total. The van der Waals surface area contributed by atoms with Crippen molar-refractivity contribution in [2.45, 2.75) is 49.3 Å². The maximum Gasteiger partial charge on any atom is 0.280 e. The Hall–Kier alpha value is -5.22. The quantitative estimate of drug-likeness (QED) is 0.0737. The maximum atomic E-state index is 12.5. The number of nitrogen functional groups attached to an aromatic ring is 2. The van der Waals surface area contributed by atoms with Crippen molar-refractivity contribution in [3.63, 3.8) is 0 Å². The number of nitrogens with zero attached hydrogens (tertiary/aromatic N) is 6. The summed E-state index contributed by atoms with van der Waals surface area (Å²) >= 11 is 0. The first-order valence-electron chi connectivity index (χ1n) is 13.6. The van der Waals surface area contributed by atoms with Gasteiger partial charge in [0.15, 0.2) is 28.6 Å². The molecule has 11 N–H and O–H groups in total. The lowest BCUT2D eigenvalue weighted by atomic mass is 10.1. The average molecular weight is 627 g/mol. The molecule has 0 spiro atoms. The highest BCUT2D eigenvalue weighted by atomic mass is 16.6. The number of rotatable bonds is 8. The van der Waals surface area contributed by atoms with E-state index < -0.39 is 71.5 Å². The number of hydrogen-bond donors (Lipinski definition) is 9. The molecule has 5 aromatic rings. The number of anilines is 4. The summed E-state index contributed by atoms with van der Waals surface area (Å²) in [6, 6.07) is -0.655. The largest absolute Gasteiger partial charge is 0.394 e. The van der Waals surface area contributed by atoms with Crippen LogP contribution in [-0.4, -0.2) is 98.0 Å². The summed E-state index contributed by atoms with van der Waals surface area (Å²) in [6.07, 6.45) is -4.00. The first kappa shape index (κ1) is 28.5. The van der Waals surface area contributed by atoms with E-state index in [1.165, 1.54) is 21.8 Å². The molecule has 2 aliphatic heterocycles. The maximum absolute atomic E-state index is 12.5. The van der Waals surface area contributed by atoms with Crippen LogP contribution in [0.2, 0.25) is 0 Å². The third kappa shape index (κ3) is 4.52. The molecule has 0 saturated carbocycles. The third-order valence-electron chi connectivity index (χ3n) is 7.96. The Morgan fingerprint density at radius 1 is 0.867 bits per heavy atom. The lowest BCUT2D eigenvalue weighted by molar-refractivity contribution is -0.0312. The molecule has 0 unspecified atom stereocenters. The van der Waals surface area contributed by atoms with E-state index >= 15 is 0 Å². The van der Waals surface area contributed by atoms with Crippen molar-refractivity contribution in [3.8, 4) is 0 Å². The summed E-state index contributed by atoms with van der Waals surface area (Å²) in [5, 5.41) is 37.1. The van der Waals surface area contributed by atoms with Crippen LogP contribution in [0, 0.1) is 0 Å². The average Bonchev–Trinajstić information content (AvgIpc) is 3.78. The Morgan fingerprint density at radius 3 is 2.11 bits per heavy atom. The first-order chi connectivity index (χ1) is 21.5. The normalized spacial score (nSPS) is 26.8. The standard InChI is InChI=1S/C24H26N12O9/c25-23-31-18-12(20(42)33-23)28-4-35(18)9-1-6(8(3-37)44-9)30-11-10(15(39)16(11)40)27-2-7-14(38)17(41)22(45-7)36-5-29-13-19(36)32-24(26)34-21(13)43/h4-9,14,17,22,27,30,37-38,41H,1-3H2,(H3,25,31,33,42)(H3,26,32,34,43)/t6-,7+,8+,9+,14-,17+,22+/m0/s1. The Morgan fingerprint density at radius 2 is 1.47 bits per heavy atom. The van der Waals surface area contributed by atoms with Crippen LogP contribution in [0.4, 0.5) is 23.3 Å². The fraction of sp³-hybridized carbons (Fsp3) is 0.417. The number of H-pyrrole nitrogens is 2. The van der Waals surface area contributed by atoms with Crippen LogP contribution in [0.25, 0.3) is 22.3 Å². The number of nitrogens with two attached hydrogens (primary N) is 2. The Labute approximate surface area is 248 Å². The van der Waals surface area contributed by atoms with Gasteiger partial charge in [-0.3, -0.25) is 38.3 Å². The molecule has 2 fully saturated rings. The molecule has 236 valence electrons. The number of imidazole rings is 2. The molecule has 0 aliphatic carbocycles. The van der Waals surface area contributed by atoms with E-state index in [9.17, 15) is 34.5 Å². The van der Waals surface area contributed by atoms with Crippen molar-refractivity contribution in [1.82, 2.24) is 39.0 Å². The molecule has 4 aromatic heterocycles. The molecule has 0 radical (unpaired) electrons. The minimum absolute atomic E-state index is 0.0281. The van der Waals surface area contributed by atoms with E-state index in [4.69, 9.17) is 20.9 Å². The number of aromatic amines is 2. The summed E-state index contributed by atoms with van der Waals surface area (Å²) < 4.78 is 14.5. The SMILES string of the molecule is Nc1nc2c(ncn2[C@@H]2O[C@H](CNc3c(N[C@H]4C[C@H](n5cnc6c(=O)[nH]c(N)nc65)O[C@@H]4CO)c(=O)c3=O)[C@H](O)[C@H]2O)c(=O)[nH]1. The van der Waals surface area contributed by atoms with Gasteiger partial charge in [-0.05, 0) is 0 Å². The lowest BCUT2D eigenvalue weighted by Crippen LogP contribution is -2.43. The fourth-order valence-corrected chi connectivity index (χ4v) is 5.72. The molecule has 45 heavy (non-hydrogen) atoms. The van der Waals surface area contributed by atoms with Gasteiger partial charge in [0, 0.05) is 13.0 Å². The van der Waals surface area contributed by atoms with E-state index in [2.05, 4.69) is 40.5 Å². The molecule has 7 atom stereocenters. The van der Waals surface area contributed by atoms with Gasteiger partial charge >= 0.3 is 0 Å². The van der Waals surface area contributed by atoms with Crippen molar-refractivity contribution < 1.29 is 24.8 Å². The number of aliphatic hydroxyl groups excluding tert-OH is 3. The van der Waals surface area contributed by atoms with Gasteiger partial charge in [-0.2, -0.15) is 9.97 Å². The highest BCUT2D eigenvalue weighted by Gasteiger charge is 2.45. The zero-order chi connectivity index (χ0) is 31.7. The van der Waals surface area contributed by atoms with Crippen molar-refractivity contribution in [2.24, 2.45) is 0 Å². The summed E-state index contributed by atoms with van der Waals surface area (Å²) in [4.78, 5) is 70.2. The van der Waals surface area contributed by atoms with Crippen LogP contribution in [0.5, 0.6) is 0 Å². The monoisotopic (exact) mass is 626 g/mol. The zero-order valence-electron chi connectivity index (χ0n) is 22.9. The number of hydrogen-bond acceptors (Lipinski definition) is 17. The van der Waals surface area contributed by atoms with E-state index in [1.54, 1.807) is 0 Å². The van der Waals surface area contributed by atoms with Gasteiger partial charge in [-0.25, -0.2) is 9.97 Å². The van der Waals surface area contributed by atoms with Crippen LogP contribution >= 0.6 is 0 Å². The van der Waals surface area contributed by atoms with Gasteiger partial charge < -0.3 is 46.9 Å². The predicted molar refractivity (Wildman–Crippen MR) is 154 cm³/mol. The second kappa shape index (κ2) is 10.4. The summed E-state index contributed by atoms with van der Waals surface area (Å²) in [6.45, 7) is -0.640. The molecular weight excluding hydrogens is 600 g/mol. The molecule has 1 aromatic carbocycles. The molecule has 0 bridgehead atoms. The molecule has 2 aliphatic rings. The topological polar surface area (TPSA) is 317 Å². The van der Waals surface area contributed by atoms with Gasteiger partial charge in [0.05, 0.1) is 25.3 Å². The molecular formula is C24H26N12O9. The minimum Gasteiger partial charge on any atom is -0.394 e. The van der Waals surface area contributed by atoms with Crippen LogP contribution in [0.3, 0.4) is 0 Å². The van der Waals surface area contributed by atoms with Gasteiger partial charge in [0.2, 0.25) is 11.9 Å². The van der Waals surface area contributed by atoms with Crippen LogP contribution in [0.15, 0.2) is 31.8 Å². The summed E-state index contributed by atoms with van der Waals surface area (Å²) in [5.41, 5.74) is 8.58.